The first-order valence-electron chi connectivity index (χ1n) is 7.77. The summed E-state index contributed by atoms with van der Waals surface area (Å²) in [6, 6.07) is 16.3. The maximum Gasteiger partial charge on any atom is 0.335 e. The van der Waals surface area contributed by atoms with Gasteiger partial charge < -0.3 is 14.8 Å². The minimum Gasteiger partial charge on any atom is -0.488 e. The smallest absolute Gasteiger partial charge is 0.335 e. The molecule has 25 heavy (non-hydrogen) atoms. The zero-order valence-corrected chi connectivity index (χ0v) is 13.9. The van der Waals surface area contributed by atoms with Crippen LogP contribution in [0.1, 0.15) is 21.6 Å². The summed E-state index contributed by atoms with van der Waals surface area (Å²) in [4.78, 5) is 14.3. The molecule has 0 amide bonds. The molecular formula is C20H14ClNO3. The van der Waals surface area contributed by atoms with Crippen LogP contribution < -0.4 is 4.74 Å². The Kier molecular flexibility index (Phi) is 3.82. The van der Waals surface area contributed by atoms with Crippen LogP contribution in [-0.2, 0) is 0 Å². The number of hydrogen-bond acceptors (Lipinski definition) is 2. The van der Waals surface area contributed by atoms with Crippen molar-refractivity contribution in [2.45, 2.75) is 0 Å². The normalized spacial score (nSPS) is 12.9. The molecule has 0 aliphatic carbocycles. The molecule has 0 unspecified atom stereocenters. The van der Waals surface area contributed by atoms with E-state index in [2.05, 4.69) is 4.98 Å². The Labute approximate surface area is 149 Å². The van der Waals surface area contributed by atoms with Crippen molar-refractivity contribution in [1.82, 2.24) is 4.98 Å². The van der Waals surface area contributed by atoms with Gasteiger partial charge in [-0.3, -0.25) is 0 Å². The number of carboxylic acids is 1. The minimum atomic E-state index is -0.932. The molecule has 0 bridgehead atoms. The molecule has 124 valence electrons. The van der Waals surface area contributed by atoms with Crippen LogP contribution in [0.15, 0.2) is 54.6 Å². The highest BCUT2D eigenvalue weighted by molar-refractivity contribution is 6.32. The monoisotopic (exact) mass is 351 g/mol. The highest BCUT2D eigenvalue weighted by Gasteiger charge is 2.16. The number of aromatic amines is 1. The molecule has 0 spiro atoms. The summed E-state index contributed by atoms with van der Waals surface area (Å²) in [5, 5.41) is 9.64. The molecule has 1 aliphatic rings. The van der Waals surface area contributed by atoms with E-state index < -0.39 is 5.97 Å². The number of halogens is 1. The summed E-state index contributed by atoms with van der Waals surface area (Å²) in [6.45, 7) is 0.464. The number of aromatic nitrogens is 1. The van der Waals surface area contributed by atoms with Gasteiger partial charge in [-0.25, -0.2) is 4.79 Å². The Bertz CT molecular complexity index is 986. The lowest BCUT2D eigenvalue weighted by Crippen LogP contribution is -2.07. The molecular weight excluding hydrogens is 338 g/mol. The van der Waals surface area contributed by atoms with Gasteiger partial charge in [-0.1, -0.05) is 29.8 Å². The molecule has 0 atom stereocenters. The van der Waals surface area contributed by atoms with Crippen LogP contribution in [0.25, 0.3) is 22.9 Å². The first kappa shape index (κ1) is 15.5. The molecule has 2 N–H and O–H groups in total. The van der Waals surface area contributed by atoms with Crippen molar-refractivity contribution < 1.29 is 14.6 Å². The number of H-pyrrole nitrogens is 1. The van der Waals surface area contributed by atoms with E-state index in [-0.39, 0.29) is 5.56 Å². The predicted molar refractivity (Wildman–Crippen MR) is 98.0 cm³/mol. The molecule has 0 saturated heterocycles. The SMILES string of the molecule is O=C(O)c1ccc(-c2ccc(C3=Cc4c(Cl)cccc4OC3)[nH]2)cc1. The van der Waals surface area contributed by atoms with Crippen molar-refractivity contribution in [3.05, 3.63) is 76.4 Å². The zero-order chi connectivity index (χ0) is 17.4. The number of ether oxygens (including phenoxy) is 1. The van der Waals surface area contributed by atoms with E-state index in [4.69, 9.17) is 21.4 Å². The van der Waals surface area contributed by atoms with E-state index in [1.54, 1.807) is 24.3 Å². The van der Waals surface area contributed by atoms with Crippen LogP contribution in [0.4, 0.5) is 0 Å². The fourth-order valence-corrected chi connectivity index (χ4v) is 3.07. The number of aromatic carboxylic acids is 1. The van der Waals surface area contributed by atoms with Gasteiger partial charge in [0.25, 0.3) is 0 Å². The van der Waals surface area contributed by atoms with E-state index in [9.17, 15) is 4.79 Å². The molecule has 0 saturated carbocycles. The number of carbonyl (C=O) groups is 1. The van der Waals surface area contributed by atoms with Gasteiger partial charge >= 0.3 is 5.97 Å². The molecule has 3 aromatic rings. The van der Waals surface area contributed by atoms with Crippen LogP contribution in [0.3, 0.4) is 0 Å². The van der Waals surface area contributed by atoms with Gasteiger partial charge in [-0.05, 0) is 48.0 Å². The molecule has 0 fully saturated rings. The summed E-state index contributed by atoms with van der Waals surface area (Å²) in [6.07, 6.45) is 2.03. The van der Waals surface area contributed by atoms with Crippen molar-refractivity contribution in [3.8, 4) is 17.0 Å². The van der Waals surface area contributed by atoms with Crippen LogP contribution in [0.2, 0.25) is 5.02 Å². The maximum absolute atomic E-state index is 10.9. The summed E-state index contributed by atoms with van der Waals surface area (Å²) >= 11 is 6.25. The van der Waals surface area contributed by atoms with Gasteiger partial charge in [0.2, 0.25) is 0 Å². The predicted octanol–water partition coefficient (Wildman–Crippen LogP) is 4.97. The van der Waals surface area contributed by atoms with Gasteiger partial charge in [0.15, 0.2) is 0 Å². The van der Waals surface area contributed by atoms with E-state index in [0.29, 0.717) is 11.6 Å². The van der Waals surface area contributed by atoms with Crippen LogP contribution in [0, 0.1) is 0 Å². The Balaban J connectivity index is 1.66. The van der Waals surface area contributed by atoms with Crippen LogP contribution in [0.5, 0.6) is 5.75 Å². The third-order valence-electron chi connectivity index (χ3n) is 4.19. The lowest BCUT2D eigenvalue weighted by molar-refractivity contribution is 0.0697. The second kappa shape index (κ2) is 6.15. The fraction of sp³-hybridized carbons (Fsp3) is 0.0500. The molecule has 2 aromatic carbocycles. The third kappa shape index (κ3) is 2.92. The fourth-order valence-electron chi connectivity index (χ4n) is 2.85. The Morgan fingerprint density at radius 2 is 1.80 bits per heavy atom. The quantitative estimate of drug-likeness (QED) is 0.700. The van der Waals surface area contributed by atoms with Gasteiger partial charge in [0.1, 0.15) is 12.4 Å². The Morgan fingerprint density at radius 1 is 1.04 bits per heavy atom. The van der Waals surface area contributed by atoms with E-state index in [1.807, 2.05) is 36.4 Å². The minimum absolute atomic E-state index is 0.269. The highest BCUT2D eigenvalue weighted by Crippen LogP contribution is 2.35. The summed E-state index contributed by atoms with van der Waals surface area (Å²) in [5.41, 5.74) is 4.94. The van der Waals surface area contributed by atoms with E-state index in [1.165, 1.54) is 0 Å². The third-order valence-corrected chi connectivity index (χ3v) is 4.52. The topological polar surface area (TPSA) is 62.3 Å². The number of benzene rings is 2. The lowest BCUT2D eigenvalue weighted by atomic mass is 10.1. The zero-order valence-electron chi connectivity index (χ0n) is 13.1. The largest absolute Gasteiger partial charge is 0.488 e. The summed E-state index contributed by atoms with van der Waals surface area (Å²) in [7, 11) is 0. The second-order valence-electron chi connectivity index (χ2n) is 5.78. The number of rotatable bonds is 3. The van der Waals surface area contributed by atoms with E-state index in [0.717, 1.165) is 33.8 Å². The van der Waals surface area contributed by atoms with Crippen molar-refractivity contribution in [3.63, 3.8) is 0 Å². The molecule has 1 aliphatic heterocycles. The number of fused-ring (bicyclic) bond motifs is 1. The highest BCUT2D eigenvalue weighted by atomic mass is 35.5. The average Bonchev–Trinajstić information content (AvgIpc) is 3.12. The van der Waals surface area contributed by atoms with Gasteiger partial charge in [-0.15, -0.1) is 0 Å². The Morgan fingerprint density at radius 3 is 2.56 bits per heavy atom. The van der Waals surface area contributed by atoms with Gasteiger partial charge in [0, 0.05) is 22.5 Å². The summed E-state index contributed by atoms with van der Waals surface area (Å²) < 4.78 is 5.79. The first-order valence-corrected chi connectivity index (χ1v) is 8.14. The molecule has 1 aromatic heterocycles. The number of carboxylic acid groups (broad SMARTS) is 1. The molecule has 4 rings (SSSR count). The first-order chi connectivity index (χ1) is 12.1. The molecule has 0 radical (unpaired) electrons. The van der Waals surface area contributed by atoms with Crippen molar-refractivity contribution in [2.24, 2.45) is 0 Å². The Hall–Kier alpha value is -2.98. The van der Waals surface area contributed by atoms with E-state index >= 15 is 0 Å². The number of hydrogen-bond donors (Lipinski definition) is 2. The maximum atomic E-state index is 10.9. The standard InChI is InChI=1S/C20H14ClNO3/c21-16-2-1-3-19-15(16)10-14(11-25-19)18-9-8-17(22-18)12-4-6-13(7-5-12)20(23)24/h1-10,22H,11H2,(H,23,24). The number of nitrogens with one attached hydrogen (secondary N) is 1. The molecule has 4 nitrogen and oxygen atoms in total. The van der Waals surface area contributed by atoms with Crippen molar-refractivity contribution in [1.29, 1.82) is 0 Å². The van der Waals surface area contributed by atoms with Crippen LogP contribution >= 0.6 is 11.6 Å². The van der Waals surface area contributed by atoms with Crippen molar-refractivity contribution >= 4 is 29.2 Å². The van der Waals surface area contributed by atoms with Gasteiger partial charge in [-0.2, -0.15) is 0 Å². The van der Waals surface area contributed by atoms with Gasteiger partial charge in [0.05, 0.1) is 10.6 Å². The van der Waals surface area contributed by atoms with Crippen LogP contribution in [-0.4, -0.2) is 22.7 Å². The second-order valence-corrected chi connectivity index (χ2v) is 6.19. The lowest BCUT2D eigenvalue weighted by Gasteiger charge is -2.18. The van der Waals surface area contributed by atoms with Crippen molar-refractivity contribution in [2.75, 3.05) is 6.61 Å². The summed E-state index contributed by atoms with van der Waals surface area (Å²) in [5.74, 6) is -0.147. The average molecular weight is 352 g/mol. The molecule has 5 heteroatoms. The molecule has 2 heterocycles.